The molecule has 0 radical (unpaired) electrons. The molecule has 0 aliphatic carbocycles. The van der Waals surface area contributed by atoms with Gasteiger partial charge >= 0.3 is 0 Å². The van der Waals surface area contributed by atoms with E-state index in [1.165, 1.54) is 54.4 Å². The van der Waals surface area contributed by atoms with Crippen molar-refractivity contribution in [3.8, 4) is 11.1 Å². The van der Waals surface area contributed by atoms with Gasteiger partial charge in [-0.1, -0.05) is 81.6 Å². The molecule has 1 heterocycles. The van der Waals surface area contributed by atoms with Crippen LogP contribution >= 0.6 is 0 Å². The van der Waals surface area contributed by atoms with Gasteiger partial charge in [-0.05, 0) is 41.5 Å². The zero-order chi connectivity index (χ0) is 18.2. The van der Waals surface area contributed by atoms with Crippen molar-refractivity contribution >= 4 is 0 Å². The molecule has 2 heteroatoms. The van der Waals surface area contributed by atoms with Gasteiger partial charge in [-0.15, -0.1) is 0 Å². The highest BCUT2D eigenvalue weighted by Crippen LogP contribution is 2.27. The lowest BCUT2D eigenvalue weighted by atomic mass is 9.99. The Labute approximate surface area is 158 Å². The molecule has 3 rings (SSSR count). The molecule has 0 amide bonds. The van der Waals surface area contributed by atoms with Crippen molar-refractivity contribution in [2.24, 2.45) is 0 Å². The first kappa shape index (κ1) is 19.1. The van der Waals surface area contributed by atoms with E-state index in [0.717, 1.165) is 6.42 Å². The molecule has 140 valence electrons. The lowest BCUT2D eigenvalue weighted by Gasteiger charge is -2.29. The van der Waals surface area contributed by atoms with Crippen LogP contribution in [0.2, 0.25) is 0 Å². The Morgan fingerprint density at radius 2 is 1.46 bits per heavy atom. The lowest BCUT2D eigenvalue weighted by molar-refractivity contribution is -0.135. The molecule has 1 saturated heterocycles. The maximum atomic E-state index is 5.96. The van der Waals surface area contributed by atoms with Crippen LogP contribution in [0.4, 0.5) is 0 Å². The standard InChI is InChI=1S/C24H32O2/c1-3-5-6-7-8-19-9-11-20(12-10-19)21-13-15-22(16-14-21)24-18-25-23(4-2)17-26-24/h9-16,23-24H,3-8,17-18H2,1-2H3. The van der Waals surface area contributed by atoms with Crippen LogP contribution in [-0.2, 0) is 15.9 Å². The Morgan fingerprint density at radius 1 is 0.769 bits per heavy atom. The van der Waals surface area contributed by atoms with Crippen LogP contribution in [0.1, 0.15) is 63.2 Å². The molecule has 2 aromatic rings. The summed E-state index contributed by atoms with van der Waals surface area (Å²) in [6.07, 6.45) is 7.81. The molecule has 1 fully saturated rings. The largest absolute Gasteiger partial charge is 0.373 e. The molecular formula is C24H32O2. The SMILES string of the molecule is CCCCCCc1ccc(-c2ccc(C3COC(CC)CO3)cc2)cc1. The van der Waals surface area contributed by atoms with Crippen molar-refractivity contribution in [1.82, 2.24) is 0 Å². The lowest BCUT2D eigenvalue weighted by Crippen LogP contribution is -2.30. The van der Waals surface area contributed by atoms with Crippen LogP contribution in [0.15, 0.2) is 48.5 Å². The van der Waals surface area contributed by atoms with Crippen LogP contribution in [0.3, 0.4) is 0 Å². The highest BCUT2D eigenvalue weighted by atomic mass is 16.6. The fourth-order valence-electron chi connectivity index (χ4n) is 3.48. The first-order valence-corrected chi connectivity index (χ1v) is 10.2. The minimum absolute atomic E-state index is 0.0670. The Bertz CT molecular complexity index is 637. The van der Waals surface area contributed by atoms with Gasteiger partial charge in [-0.2, -0.15) is 0 Å². The summed E-state index contributed by atoms with van der Waals surface area (Å²) in [5.41, 5.74) is 5.19. The monoisotopic (exact) mass is 352 g/mol. The number of aryl methyl sites for hydroxylation is 1. The zero-order valence-corrected chi connectivity index (χ0v) is 16.2. The summed E-state index contributed by atoms with van der Waals surface area (Å²) in [5.74, 6) is 0. The van der Waals surface area contributed by atoms with Gasteiger partial charge in [0, 0.05) is 0 Å². The van der Waals surface area contributed by atoms with E-state index in [4.69, 9.17) is 9.47 Å². The van der Waals surface area contributed by atoms with Crippen molar-refractivity contribution in [3.05, 3.63) is 59.7 Å². The second kappa shape index (κ2) is 9.89. The molecule has 0 N–H and O–H groups in total. The Balaban J connectivity index is 1.56. The van der Waals surface area contributed by atoms with Gasteiger partial charge in [0.05, 0.1) is 19.3 Å². The molecule has 2 atom stereocenters. The Kier molecular flexibility index (Phi) is 7.28. The van der Waals surface area contributed by atoms with Gasteiger partial charge in [0.2, 0.25) is 0 Å². The summed E-state index contributed by atoms with van der Waals surface area (Å²) >= 11 is 0. The molecule has 2 nitrogen and oxygen atoms in total. The van der Waals surface area contributed by atoms with Gasteiger partial charge in [0.25, 0.3) is 0 Å². The third kappa shape index (κ3) is 5.18. The molecule has 0 saturated carbocycles. The topological polar surface area (TPSA) is 18.5 Å². The van der Waals surface area contributed by atoms with Crippen LogP contribution in [0, 0.1) is 0 Å². The third-order valence-electron chi connectivity index (χ3n) is 5.31. The molecule has 2 unspecified atom stereocenters. The first-order valence-electron chi connectivity index (χ1n) is 10.2. The van der Waals surface area contributed by atoms with Gasteiger partial charge in [0.15, 0.2) is 0 Å². The first-order chi connectivity index (χ1) is 12.8. The number of hydrogen-bond donors (Lipinski definition) is 0. The van der Waals surface area contributed by atoms with Crippen LogP contribution in [-0.4, -0.2) is 19.3 Å². The van der Waals surface area contributed by atoms with Gasteiger partial charge in [0.1, 0.15) is 6.10 Å². The highest BCUT2D eigenvalue weighted by Gasteiger charge is 2.22. The highest BCUT2D eigenvalue weighted by molar-refractivity contribution is 5.64. The Hall–Kier alpha value is -1.64. The molecule has 0 bridgehead atoms. The molecule has 1 aliphatic rings. The van der Waals surface area contributed by atoms with E-state index in [1.54, 1.807) is 0 Å². The van der Waals surface area contributed by atoms with Crippen molar-refractivity contribution in [1.29, 1.82) is 0 Å². The summed E-state index contributed by atoms with van der Waals surface area (Å²) in [7, 11) is 0. The second-order valence-electron chi connectivity index (χ2n) is 7.32. The predicted octanol–water partition coefficient (Wildman–Crippen LogP) is 6.34. The number of rotatable bonds is 8. The average molecular weight is 353 g/mol. The van der Waals surface area contributed by atoms with Crippen molar-refractivity contribution in [3.63, 3.8) is 0 Å². The summed E-state index contributed by atoms with van der Waals surface area (Å²) < 4.78 is 11.8. The molecule has 0 spiro atoms. The number of unbranched alkanes of at least 4 members (excludes halogenated alkanes) is 3. The number of benzene rings is 2. The molecule has 0 aromatic heterocycles. The third-order valence-corrected chi connectivity index (χ3v) is 5.31. The zero-order valence-electron chi connectivity index (χ0n) is 16.2. The number of ether oxygens (including phenoxy) is 2. The summed E-state index contributed by atoms with van der Waals surface area (Å²) in [5, 5.41) is 0. The quantitative estimate of drug-likeness (QED) is 0.516. The van der Waals surface area contributed by atoms with Gasteiger partial charge < -0.3 is 9.47 Å². The van der Waals surface area contributed by atoms with E-state index in [9.17, 15) is 0 Å². The molecular weight excluding hydrogens is 320 g/mol. The minimum atomic E-state index is 0.0670. The van der Waals surface area contributed by atoms with E-state index < -0.39 is 0 Å². The number of hydrogen-bond acceptors (Lipinski definition) is 2. The normalized spacial score (nSPS) is 20.2. The fraction of sp³-hybridized carbons (Fsp3) is 0.500. The van der Waals surface area contributed by atoms with Crippen LogP contribution in [0.5, 0.6) is 0 Å². The van der Waals surface area contributed by atoms with E-state index in [-0.39, 0.29) is 12.2 Å². The molecule has 2 aromatic carbocycles. The molecule has 26 heavy (non-hydrogen) atoms. The fourth-order valence-corrected chi connectivity index (χ4v) is 3.48. The van der Waals surface area contributed by atoms with Crippen molar-refractivity contribution in [2.75, 3.05) is 13.2 Å². The maximum Gasteiger partial charge on any atom is 0.106 e. The van der Waals surface area contributed by atoms with Gasteiger partial charge in [-0.25, -0.2) is 0 Å². The van der Waals surface area contributed by atoms with Crippen molar-refractivity contribution < 1.29 is 9.47 Å². The average Bonchev–Trinajstić information content (AvgIpc) is 2.72. The minimum Gasteiger partial charge on any atom is -0.373 e. The smallest absolute Gasteiger partial charge is 0.106 e. The van der Waals surface area contributed by atoms with Gasteiger partial charge in [-0.3, -0.25) is 0 Å². The van der Waals surface area contributed by atoms with Crippen molar-refractivity contribution in [2.45, 2.75) is 64.6 Å². The summed E-state index contributed by atoms with van der Waals surface area (Å²) in [6, 6.07) is 17.8. The Morgan fingerprint density at radius 3 is 2.04 bits per heavy atom. The summed E-state index contributed by atoms with van der Waals surface area (Å²) in [4.78, 5) is 0. The van der Waals surface area contributed by atoms with E-state index in [0.29, 0.717) is 13.2 Å². The van der Waals surface area contributed by atoms with E-state index >= 15 is 0 Å². The summed E-state index contributed by atoms with van der Waals surface area (Å²) in [6.45, 7) is 5.75. The van der Waals surface area contributed by atoms with E-state index in [1.807, 2.05) is 0 Å². The van der Waals surface area contributed by atoms with Crippen LogP contribution < -0.4 is 0 Å². The van der Waals surface area contributed by atoms with Crippen LogP contribution in [0.25, 0.3) is 11.1 Å². The van der Waals surface area contributed by atoms with E-state index in [2.05, 4.69) is 62.4 Å². The second-order valence-corrected chi connectivity index (χ2v) is 7.32. The predicted molar refractivity (Wildman–Crippen MR) is 108 cm³/mol. The molecule has 1 aliphatic heterocycles. The maximum absolute atomic E-state index is 5.96.